The van der Waals surface area contributed by atoms with Gasteiger partial charge in [0.25, 0.3) is 5.91 Å². The number of carbonyl (C=O) groups is 2. The molecular formula is C26H27Cl2N7O4. The number of nitrogens with zero attached hydrogens (tertiary/aromatic N) is 4. The Morgan fingerprint density at radius 2 is 1.59 bits per heavy atom. The number of nitrogens with one attached hydrogen (secondary N) is 3. The Bertz CT molecular complexity index is 1390. The maximum atomic E-state index is 13.1. The number of urea groups is 1. The third-order valence-corrected chi connectivity index (χ3v) is 5.89. The van der Waals surface area contributed by atoms with Crippen LogP contribution >= 0.6 is 23.2 Å². The molecule has 0 saturated heterocycles. The molecule has 0 spiro atoms. The zero-order valence-electron chi connectivity index (χ0n) is 21.9. The molecule has 0 aliphatic carbocycles. The van der Waals surface area contributed by atoms with Gasteiger partial charge >= 0.3 is 6.03 Å². The van der Waals surface area contributed by atoms with Gasteiger partial charge in [0, 0.05) is 19.2 Å². The van der Waals surface area contributed by atoms with Gasteiger partial charge in [-0.2, -0.15) is 0 Å². The van der Waals surface area contributed by atoms with Crippen molar-refractivity contribution in [1.29, 1.82) is 0 Å². The molecule has 0 saturated carbocycles. The van der Waals surface area contributed by atoms with Crippen molar-refractivity contribution in [2.75, 3.05) is 62.8 Å². The van der Waals surface area contributed by atoms with E-state index in [4.69, 9.17) is 32.7 Å². The molecule has 0 fully saturated rings. The Morgan fingerprint density at radius 1 is 0.949 bits per heavy atom. The van der Waals surface area contributed by atoms with Crippen LogP contribution in [0, 0.1) is 11.8 Å². The molecule has 204 valence electrons. The van der Waals surface area contributed by atoms with Gasteiger partial charge in [-0.25, -0.2) is 14.8 Å². The maximum absolute atomic E-state index is 13.1. The maximum Gasteiger partial charge on any atom is 0.327 e. The minimum atomic E-state index is -0.581. The highest BCUT2D eigenvalue weighted by Gasteiger charge is 2.22. The molecule has 3 N–H and O–H groups in total. The fraction of sp³-hybridized carbons (Fsp3) is 0.231. The van der Waals surface area contributed by atoms with Crippen LogP contribution in [0.3, 0.4) is 0 Å². The van der Waals surface area contributed by atoms with Crippen LogP contribution in [0.2, 0.25) is 10.0 Å². The van der Waals surface area contributed by atoms with Gasteiger partial charge < -0.3 is 25.4 Å². The number of halogens is 2. The van der Waals surface area contributed by atoms with E-state index in [1.54, 1.807) is 30.3 Å². The first-order valence-electron chi connectivity index (χ1n) is 11.4. The Kier molecular flexibility index (Phi) is 10.2. The molecule has 13 heteroatoms. The standard InChI is InChI=1S/C26H27Cl2N7O4/c1-34(2)12-8-11-22(36)32-17-10-7-6-9-16(17)31-20-14-21(30-15-29-20)35(3)26(37)33-25-23(27)18(38-4)13-19(39-5)24(25)28/h6-7,9-10,13-15H,12H2,1-5H3,(H,32,36)(H,33,37)(H,29,30,31). The summed E-state index contributed by atoms with van der Waals surface area (Å²) in [6.45, 7) is 0.460. The summed E-state index contributed by atoms with van der Waals surface area (Å²) in [4.78, 5) is 36.8. The number of hydrogen-bond donors (Lipinski definition) is 3. The van der Waals surface area contributed by atoms with E-state index in [0.29, 0.717) is 23.7 Å². The van der Waals surface area contributed by atoms with Gasteiger partial charge in [0.15, 0.2) is 0 Å². The van der Waals surface area contributed by atoms with Crippen LogP contribution in [0.5, 0.6) is 11.5 Å². The van der Waals surface area contributed by atoms with Crippen LogP contribution in [0.1, 0.15) is 0 Å². The first-order chi connectivity index (χ1) is 18.6. The molecule has 39 heavy (non-hydrogen) atoms. The molecule has 3 amide bonds. The normalized spacial score (nSPS) is 10.3. The molecule has 0 unspecified atom stereocenters. The number of benzene rings is 2. The van der Waals surface area contributed by atoms with Crippen LogP contribution in [-0.2, 0) is 4.79 Å². The number of carbonyl (C=O) groups excluding carboxylic acids is 2. The van der Waals surface area contributed by atoms with Crippen molar-refractivity contribution >= 4 is 63.8 Å². The van der Waals surface area contributed by atoms with Crippen molar-refractivity contribution < 1.29 is 19.1 Å². The molecule has 0 atom stereocenters. The summed E-state index contributed by atoms with van der Waals surface area (Å²) in [5.41, 5.74) is 1.19. The molecule has 0 radical (unpaired) electrons. The largest absolute Gasteiger partial charge is 0.495 e. The van der Waals surface area contributed by atoms with Crippen molar-refractivity contribution in [3.8, 4) is 23.3 Å². The molecule has 2 aromatic carbocycles. The van der Waals surface area contributed by atoms with Crippen molar-refractivity contribution in [1.82, 2.24) is 14.9 Å². The number of hydrogen-bond acceptors (Lipinski definition) is 8. The monoisotopic (exact) mass is 571 g/mol. The first-order valence-corrected chi connectivity index (χ1v) is 12.2. The van der Waals surface area contributed by atoms with Gasteiger partial charge in [0.2, 0.25) is 0 Å². The number of anilines is 5. The predicted octanol–water partition coefficient (Wildman–Crippen LogP) is 4.72. The number of para-hydroxylation sites is 2. The molecule has 0 bridgehead atoms. The van der Waals surface area contributed by atoms with E-state index in [1.165, 1.54) is 38.6 Å². The van der Waals surface area contributed by atoms with Gasteiger partial charge in [0.05, 0.1) is 37.8 Å². The second-order valence-electron chi connectivity index (χ2n) is 8.20. The topological polar surface area (TPSA) is 121 Å². The smallest absolute Gasteiger partial charge is 0.327 e. The Balaban J connectivity index is 1.78. The Morgan fingerprint density at radius 3 is 2.21 bits per heavy atom. The van der Waals surface area contributed by atoms with Crippen molar-refractivity contribution in [3.05, 3.63) is 52.8 Å². The summed E-state index contributed by atoms with van der Waals surface area (Å²) < 4.78 is 10.5. The summed E-state index contributed by atoms with van der Waals surface area (Å²) in [6, 6.07) is 9.57. The third kappa shape index (κ3) is 7.64. The Labute approximate surface area is 236 Å². The predicted molar refractivity (Wildman–Crippen MR) is 154 cm³/mol. The van der Waals surface area contributed by atoms with Gasteiger partial charge in [-0.1, -0.05) is 41.3 Å². The highest BCUT2D eigenvalue weighted by Crippen LogP contribution is 2.44. The SMILES string of the molecule is COc1cc(OC)c(Cl)c(NC(=O)N(C)c2cc(Nc3ccccc3NC(=O)C#CCN(C)C)ncn2)c1Cl. The van der Waals surface area contributed by atoms with Crippen LogP contribution in [0.15, 0.2) is 42.7 Å². The lowest BCUT2D eigenvalue weighted by Gasteiger charge is -2.20. The lowest BCUT2D eigenvalue weighted by atomic mass is 10.2. The molecule has 11 nitrogen and oxygen atoms in total. The second-order valence-corrected chi connectivity index (χ2v) is 8.95. The summed E-state index contributed by atoms with van der Waals surface area (Å²) in [5, 5.41) is 8.78. The second kappa shape index (κ2) is 13.5. The lowest BCUT2D eigenvalue weighted by molar-refractivity contribution is -0.111. The van der Waals surface area contributed by atoms with Gasteiger partial charge in [-0.05, 0) is 32.1 Å². The summed E-state index contributed by atoms with van der Waals surface area (Å²) in [6.07, 6.45) is 1.30. The highest BCUT2D eigenvalue weighted by molar-refractivity contribution is 6.41. The molecular weight excluding hydrogens is 545 g/mol. The van der Waals surface area contributed by atoms with Crippen molar-refractivity contribution in [3.63, 3.8) is 0 Å². The number of aromatic nitrogens is 2. The average Bonchev–Trinajstić information content (AvgIpc) is 2.91. The third-order valence-electron chi connectivity index (χ3n) is 5.14. The fourth-order valence-electron chi connectivity index (χ4n) is 3.16. The molecule has 1 heterocycles. The number of rotatable bonds is 8. The van der Waals surface area contributed by atoms with E-state index in [-0.39, 0.29) is 33.0 Å². The van der Waals surface area contributed by atoms with Crippen LogP contribution < -0.4 is 30.3 Å². The van der Waals surface area contributed by atoms with Crippen molar-refractivity contribution in [2.45, 2.75) is 0 Å². The zero-order chi connectivity index (χ0) is 28.5. The number of ether oxygens (including phenoxy) is 2. The van der Waals surface area contributed by atoms with E-state index in [9.17, 15) is 9.59 Å². The fourth-order valence-corrected chi connectivity index (χ4v) is 3.75. The van der Waals surface area contributed by atoms with E-state index < -0.39 is 11.9 Å². The Hall–Kier alpha value is -4.24. The molecule has 0 aliphatic rings. The summed E-state index contributed by atoms with van der Waals surface area (Å²) in [7, 11) is 8.11. The molecule has 1 aromatic heterocycles. The number of amides is 3. The first kappa shape index (κ1) is 29.3. The average molecular weight is 572 g/mol. The zero-order valence-corrected chi connectivity index (χ0v) is 23.4. The lowest BCUT2D eigenvalue weighted by Crippen LogP contribution is -2.32. The van der Waals surface area contributed by atoms with Crippen LogP contribution in [0.4, 0.5) is 33.5 Å². The summed E-state index contributed by atoms with van der Waals surface area (Å²) >= 11 is 12.7. The molecule has 3 rings (SSSR count). The summed E-state index contributed by atoms with van der Waals surface area (Å²) in [5.74, 6) is 6.09. The molecule has 0 aliphatic heterocycles. The van der Waals surface area contributed by atoms with Crippen molar-refractivity contribution in [2.24, 2.45) is 0 Å². The van der Waals surface area contributed by atoms with Gasteiger partial charge in [-0.15, -0.1) is 0 Å². The van der Waals surface area contributed by atoms with E-state index in [0.717, 1.165) is 0 Å². The highest BCUT2D eigenvalue weighted by atomic mass is 35.5. The molecule has 3 aromatic rings. The quantitative estimate of drug-likeness (QED) is 0.332. The van der Waals surface area contributed by atoms with Crippen LogP contribution in [0.25, 0.3) is 0 Å². The minimum absolute atomic E-state index is 0.111. The van der Waals surface area contributed by atoms with Crippen LogP contribution in [-0.4, -0.2) is 68.7 Å². The van der Waals surface area contributed by atoms with Gasteiger partial charge in [-0.3, -0.25) is 14.6 Å². The van der Waals surface area contributed by atoms with E-state index in [1.807, 2.05) is 19.0 Å². The van der Waals surface area contributed by atoms with E-state index in [2.05, 4.69) is 37.8 Å². The minimum Gasteiger partial charge on any atom is -0.495 e. The van der Waals surface area contributed by atoms with E-state index >= 15 is 0 Å². The number of methoxy groups -OCH3 is 2. The van der Waals surface area contributed by atoms with Gasteiger partial charge in [0.1, 0.15) is 39.5 Å².